The summed E-state index contributed by atoms with van der Waals surface area (Å²) in [5, 5.41) is 0.898. The van der Waals surface area contributed by atoms with Crippen LogP contribution in [0.4, 0.5) is 0 Å². The third kappa shape index (κ3) is 4.49. The van der Waals surface area contributed by atoms with Gasteiger partial charge in [-0.15, -0.1) is 0 Å². The minimum absolute atomic E-state index is 0.0160. The number of allylic oxidation sites excluding steroid dienone is 1. The van der Waals surface area contributed by atoms with E-state index in [1.165, 1.54) is 6.08 Å². The Morgan fingerprint density at radius 1 is 0.929 bits per heavy atom. The van der Waals surface area contributed by atoms with E-state index in [1.54, 1.807) is 43.5 Å². The zero-order chi connectivity index (χ0) is 20.1. The van der Waals surface area contributed by atoms with E-state index in [2.05, 4.69) is 4.90 Å². The normalized spacial score (nSPS) is 14.8. The Kier molecular flexibility index (Phi) is 6.60. The van der Waals surface area contributed by atoms with Gasteiger partial charge >= 0.3 is 0 Å². The SMILES string of the molecule is COc1ccc(C(=O)N2CCN(C(=CC=O)c3ccc(Cl)c(Cl)c3)CC2)cc1. The van der Waals surface area contributed by atoms with Crippen LogP contribution >= 0.6 is 23.2 Å². The van der Waals surface area contributed by atoms with Crippen molar-refractivity contribution in [2.24, 2.45) is 0 Å². The van der Waals surface area contributed by atoms with E-state index in [-0.39, 0.29) is 5.91 Å². The fourth-order valence-electron chi connectivity index (χ4n) is 3.17. The van der Waals surface area contributed by atoms with Crippen LogP contribution in [-0.4, -0.2) is 55.3 Å². The number of benzene rings is 2. The number of piperazine rings is 1. The minimum atomic E-state index is -0.0160. The molecule has 1 fully saturated rings. The molecule has 0 N–H and O–H groups in total. The second-order valence-electron chi connectivity index (χ2n) is 6.32. The zero-order valence-corrected chi connectivity index (χ0v) is 16.9. The highest BCUT2D eigenvalue weighted by Gasteiger charge is 2.24. The fraction of sp³-hybridized carbons (Fsp3) is 0.238. The minimum Gasteiger partial charge on any atom is -0.497 e. The molecular weight excluding hydrogens is 399 g/mol. The fourth-order valence-corrected chi connectivity index (χ4v) is 3.47. The number of hydrogen-bond donors (Lipinski definition) is 0. The van der Waals surface area contributed by atoms with Crippen molar-refractivity contribution in [3.8, 4) is 5.75 Å². The number of hydrogen-bond acceptors (Lipinski definition) is 4. The monoisotopic (exact) mass is 418 g/mol. The molecule has 1 aliphatic heterocycles. The van der Waals surface area contributed by atoms with Gasteiger partial charge in [0.15, 0.2) is 0 Å². The smallest absolute Gasteiger partial charge is 0.253 e. The Hall–Kier alpha value is -2.50. The quantitative estimate of drug-likeness (QED) is 0.543. The summed E-state index contributed by atoms with van der Waals surface area (Å²) in [6.07, 6.45) is 2.27. The molecule has 0 aliphatic carbocycles. The Balaban J connectivity index is 1.70. The molecule has 0 radical (unpaired) electrons. The van der Waals surface area contributed by atoms with Gasteiger partial charge in [0.05, 0.1) is 17.2 Å². The van der Waals surface area contributed by atoms with E-state index in [9.17, 15) is 9.59 Å². The summed E-state index contributed by atoms with van der Waals surface area (Å²) in [6.45, 7) is 2.34. The van der Waals surface area contributed by atoms with Gasteiger partial charge < -0.3 is 14.5 Å². The highest BCUT2D eigenvalue weighted by molar-refractivity contribution is 6.42. The van der Waals surface area contributed by atoms with Crippen LogP contribution in [0.2, 0.25) is 10.0 Å². The molecule has 1 aliphatic rings. The maximum atomic E-state index is 12.7. The van der Waals surface area contributed by atoms with Crippen LogP contribution in [0.5, 0.6) is 5.75 Å². The van der Waals surface area contributed by atoms with Gasteiger partial charge in [0, 0.05) is 43.5 Å². The topological polar surface area (TPSA) is 49.9 Å². The predicted molar refractivity (Wildman–Crippen MR) is 111 cm³/mol. The van der Waals surface area contributed by atoms with Crippen molar-refractivity contribution in [3.63, 3.8) is 0 Å². The van der Waals surface area contributed by atoms with Crippen LogP contribution < -0.4 is 4.74 Å². The molecule has 28 heavy (non-hydrogen) atoms. The van der Waals surface area contributed by atoms with Crippen LogP contribution in [0.1, 0.15) is 15.9 Å². The highest BCUT2D eigenvalue weighted by atomic mass is 35.5. The summed E-state index contributed by atoms with van der Waals surface area (Å²) in [6, 6.07) is 12.4. The summed E-state index contributed by atoms with van der Waals surface area (Å²) in [4.78, 5) is 27.8. The molecule has 1 saturated heterocycles. The van der Waals surface area contributed by atoms with E-state index >= 15 is 0 Å². The average Bonchev–Trinajstić information content (AvgIpc) is 2.74. The number of aldehydes is 1. The third-order valence-electron chi connectivity index (χ3n) is 4.69. The van der Waals surface area contributed by atoms with Gasteiger partial charge in [-0.05, 0) is 42.0 Å². The number of amides is 1. The Bertz CT molecular complexity index is 889. The average molecular weight is 419 g/mol. The molecule has 146 valence electrons. The molecule has 0 atom stereocenters. The number of ether oxygens (including phenoxy) is 1. The van der Waals surface area contributed by atoms with E-state index in [0.29, 0.717) is 47.5 Å². The van der Waals surface area contributed by atoms with Crippen molar-refractivity contribution < 1.29 is 14.3 Å². The number of rotatable bonds is 5. The molecule has 1 amide bonds. The van der Waals surface area contributed by atoms with Crippen molar-refractivity contribution in [1.82, 2.24) is 9.80 Å². The highest BCUT2D eigenvalue weighted by Crippen LogP contribution is 2.28. The van der Waals surface area contributed by atoms with Gasteiger partial charge in [-0.3, -0.25) is 9.59 Å². The maximum absolute atomic E-state index is 12.7. The number of nitrogens with zero attached hydrogens (tertiary/aromatic N) is 2. The Morgan fingerprint density at radius 3 is 2.11 bits per heavy atom. The lowest BCUT2D eigenvalue weighted by molar-refractivity contribution is -0.104. The lowest BCUT2D eigenvalue weighted by atomic mass is 10.1. The summed E-state index contributed by atoms with van der Waals surface area (Å²) in [7, 11) is 1.59. The molecule has 5 nitrogen and oxygen atoms in total. The second-order valence-corrected chi connectivity index (χ2v) is 7.14. The van der Waals surface area contributed by atoms with Crippen LogP contribution in [-0.2, 0) is 4.79 Å². The Morgan fingerprint density at radius 2 is 1.54 bits per heavy atom. The molecular formula is C21H20Cl2N2O3. The number of methoxy groups -OCH3 is 1. The first kappa shape index (κ1) is 20.2. The lowest BCUT2D eigenvalue weighted by Crippen LogP contribution is -2.47. The van der Waals surface area contributed by atoms with Gasteiger partial charge in [-0.2, -0.15) is 0 Å². The first-order valence-corrected chi connectivity index (χ1v) is 9.58. The van der Waals surface area contributed by atoms with Gasteiger partial charge in [0.25, 0.3) is 5.91 Å². The zero-order valence-electron chi connectivity index (χ0n) is 15.4. The van der Waals surface area contributed by atoms with E-state index in [4.69, 9.17) is 27.9 Å². The van der Waals surface area contributed by atoms with E-state index < -0.39 is 0 Å². The van der Waals surface area contributed by atoms with E-state index in [0.717, 1.165) is 17.5 Å². The van der Waals surface area contributed by atoms with Gasteiger partial charge in [-0.1, -0.05) is 29.3 Å². The molecule has 2 aromatic rings. The van der Waals surface area contributed by atoms with Crippen molar-refractivity contribution >= 4 is 41.1 Å². The number of carbonyl (C=O) groups is 2. The molecule has 7 heteroatoms. The van der Waals surface area contributed by atoms with Gasteiger partial charge in [-0.25, -0.2) is 0 Å². The molecule has 3 rings (SSSR count). The third-order valence-corrected chi connectivity index (χ3v) is 5.42. The molecule has 1 heterocycles. The molecule has 0 aromatic heterocycles. The first-order chi connectivity index (χ1) is 13.5. The number of carbonyl (C=O) groups excluding carboxylic acids is 2. The van der Waals surface area contributed by atoms with Crippen LogP contribution in [0, 0.1) is 0 Å². The van der Waals surface area contributed by atoms with Crippen LogP contribution in [0.25, 0.3) is 5.70 Å². The van der Waals surface area contributed by atoms with Crippen LogP contribution in [0.15, 0.2) is 48.5 Å². The summed E-state index contributed by atoms with van der Waals surface area (Å²) in [5.41, 5.74) is 2.21. The summed E-state index contributed by atoms with van der Waals surface area (Å²) >= 11 is 12.1. The van der Waals surface area contributed by atoms with Crippen LogP contribution in [0.3, 0.4) is 0 Å². The first-order valence-electron chi connectivity index (χ1n) is 8.82. The number of halogens is 2. The summed E-state index contributed by atoms with van der Waals surface area (Å²) < 4.78 is 5.13. The van der Waals surface area contributed by atoms with Crippen molar-refractivity contribution in [3.05, 3.63) is 69.7 Å². The lowest BCUT2D eigenvalue weighted by Gasteiger charge is -2.37. The standard InChI is InChI=1S/C21H20Cl2N2O3/c1-28-17-5-2-15(3-6-17)21(27)25-11-9-24(10-12-25)20(8-13-26)16-4-7-18(22)19(23)14-16/h2-8,13-14H,9-12H2,1H3. The molecule has 0 spiro atoms. The molecule has 0 unspecified atom stereocenters. The maximum Gasteiger partial charge on any atom is 0.253 e. The Labute approximate surface area is 174 Å². The molecule has 2 aromatic carbocycles. The molecule has 0 bridgehead atoms. The molecule has 0 saturated carbocycles. The van der Waals surface area contributed by atoms with Crippen molar-refractivity contribution in [1.29, 1.82) is 0 Å². The van der Waals surface area contributed by atoms with Gasteiger partial charge in [0.1, 0.15) is 12.0 Å². The summed E-state index contributed by atoms with van der Waals surface area (Å²) in [5.74, 6) is 0.699. The van der Waals surface area contributed by atoms with Crippen molar-refractivity contribution in [2.75, 3.05) is 33.3 Å². The van der Waals surface area contributed by atoms with Crippen molar-refractivity contribution in [2.45, 2.75) is 0 Å². The van der Waals surface area contributed by atoms with E-state index in [1.807, 2.05) is 11.0 Å². The van der Waals surface area contributed by atoms with Gasteiger partial charge in [0.2, 0.25) is 0 Å². The largest absolute Gasteiger partial charge is 0.497 e. The predicted octanol–water partition coefficient (Wildman–Crippen LogP) is 4.00. The second kappa shape index (κ2) is 9.13.